The summed E-state index contributed by atoms with van der Waals surface area (Å²) in [4.78, 5) is 38.2. The fourth-order valence-corrected chi connectivity index (χ4v) is 2.80. The second kappa shape index (κ2) is 6.33. The lowest BCUT2D eigenvalue weighted by molar-refractivity contribution is 0.0920. The first-order chi connectivity index (χ1) is 11.4. The molecule has 0 unspecified atom stereocenters. The minimum atomic E-state index is -0.829. The Morgan fingerprint density at radius 3 is 2.67 bits per heavy atom. The first kappa shape index (κ1) is 16.6. The van der Waals surface area contributed by atoms with Gasteiger partial charge in [-0.3, -0.25) is 19.1 Å². The van der Waals surface area contributed by atoms with Gasteiger partial charge in [0.15, 0.2) is 6.61 Å². The highest BCUT2D eigenvalue weighted by Crippen LogP contribution is 2.35. The third kappa shape index (κ3) is 3.18. The maximum absolute atomic E-state index is 12.3. The number of nitrogens with two attached hydrogens (primary N) is 1. The summed E-state index contributed by atoms with van der Waals surface area (Å²) in [5.41, 5.74) is 4.14. The van der Waals surface area contributed by atoms with Crippen LogP contribution >= 0.6 is 23.2 Å². The molecule has 1 saturated carbocycles. The van der Waals surface area contributed by atoms with Crippen molar-refractivity contribution in [2.45, 2.75) is 18.9 Å². The van der Waals surface area contributed by atoms with Gasteiger partial charge in [0.1, 0.15) is 17.1 Å². The van der Waals surface area contributed by atoms with E-state index in [-0.39, 0.29) is 28.2 Å². The molecule has 1 fully saturated rings. The van der Waals surface area contributed by atoms with E-state index in [1.54, 1.807) is 6.07 Å². The molecule has 0 amide bonds. The number of Topliss-reactive ketones (excluding diaryl/α,β-unsaturated/α-hetero) is 1. The molecule has 0 spiro atoms. The van der Waals surface area contributed by atoms with Crippen molar-refractivity contribution in [3.8, 4) is 5.75 Å². The molecule has 0 aliphatic heterocycles. The summed E-state index contributed by atoms with van der Waals surface area (Å²) in [6.07, 6.45) is 1.56. The minimum Gasteiger partial charge on any atom is -0.484 e. The number of ketones is 1. The normalized spacial score (nSPS) is 13.8. The summed E-state index contributed by atoms with van der Waals surface area (Å²) in [5.74, 6) is -0.531. The van der Waals surface area contributed by atoms with Crippen molar-refractivity contribution in [2.75, 3.05) is 12.3 Å². The molecule has 7 nitrogen and oxygen atoms in total. The zero-order valence-corrected chi connectivity index (χ0v) is 13.9. The molecule has 0 saturated heterocycles. The van der Waals surface area contributed by atoms with Crippen LogP contribution in [-0.4, -0.2) is 21.9 Å². The van der Waals surface area contributed by atoms with E-state index in [4.69, 9.17) is 33.7 Å². The number of H-pyrrole nitrogens is 1. The number of hydrogen-bond donors (Lipinski definition) is 2. The molecule has 0 bridgehead atoms. The molecule has 24 heavy (non-hydrogen) atoms. The van der Waals surface area contributed by atoms with Crippen LogP contribution in [-0.2, 0) is 0 Å². The third-order valence-corrected chi connectivity index (χ3v) is 4.16. The van der Waals surface area contributed by atoms with Crippen LogP contribution < -0.4 is 21.7 Å². The van der Waals surface area contributed by atoms with Crippen molar-refractivity contribution in [2.24, 2.45) is 0 Å². The highest BCUT2D eigenvalue weighted by Gasteiger charge is 2.30. The van der Waals surface area contributed by atoms with E-state index in [1.807, 2.05) is 0 Å². The van der Waals surface area contributed by atoms with Crippen LogP contribution in [0.1, 0.15) is 29.2 Å². The summed E-state index contributed by atoms with van der Waals surface area (Å²) in [7, 11) is 0. The average molecular weight is 370 g/mol. The van der Waals surface area contributed by atoms with Gasteiger partial charge in [-0.15, -0.1) is 0 Å². The van der Waals surface area contributed by atoms with Gasteiger partial charge in [-0.05, 0) is 31.0 Å². The van der Waals surface area contributed by atoms with Crippen LogP contribution in [0.5, 0.6) is 5.75 Å². The standard InChI is InChI=1S/C15H13Cl2N3O4/c16-7-1-4-11(9(17)5-7)24-6-10(21)12-13(18)20(8-2-3-8)15(23)19-14(12)22/h1,4-5,8H,2-3,6,18H2,(H,19,22,23). The summed E-state index contributed by atoms with van der Waals surface area (Å²) < 4.78 is 6.57. The molecular formula is C15H13Cl2N3O4. The molecule has 9 heteroatoms. The number of nitrogen functional groups attached to an aromatic ring is 1. The van der Waals surface area contributed by atoms with E-state index < -0.39 is 23.6 Å². The van der Waals surface area contributed by atoms with E-state index in [0.29, 0.717) is 5.02 Å². The number of rotatable bonds is 5. The average Bonchev–Trinajstić information content (AvgIpc) is 3.30. The molecule has 1 aromatic carbocycles. The number of carbonyl (C=O) groups excluding carboxylic acids is 1. The Morgan fingerprint density at radius 2 is 2.04 bits per heavy atom. The van der Waals surface area contributed by atoms with E-state index >= 15 is 0 Å². The second-order valence-corrected chi connectivity index (χ2v) is 6.25. The van der Waals surface area contributed by atoms with Crippen molar-refractivity contribution < 1.29 is 9.53 Å². The van der Waals surface area contributed by atoms with E-state index in [1.165, 1.54) is 16.7 Å². The van der Waals surface area contributed by atoms with Gasteiger partial charge >= 0.3 is 5.69 Å². The van der Waals surface area contributed by atoms with Crippen LogP contribution in [0.2, 0.25) is 10.0 Å². The highest BCUT2D eigenvalue weighted by atomic mass is 35.5. The van der Waals surface area contributed by atoms with E-state index in [0.717, 1.165) is 12.8 Å². The van der Waals surface area contributed by atoms with Crippen molar-refractivity contribution in [1.29, 1.82) is 0 Å². The molecule has 1 heterocycles. The van der Waals surface area contributed by atoms with Crippen LogP contribution in [0.4, 0.5) is 5.82 Å². The lowest BCUT2D eigenvalue weighted by Gasteiger charge is -2.12. The predicted molar refractivity (Wildman–Crippen MR) is 90.3 cm³/mol. The number of ether oxygens (including phenoxy) is 1. The zero-order valence-electron chi connectivity index (χ0n) is 12.3. The number of nitrogens with one attached hydrogen (secondary N) is 1. The molecular weight excluding hydrogens is 357 g/mol. The Hall–Kier alpha value is -2.25. The maximum Gasteiger partial charge on any atom is 0.330 e. The van der Waals surface area contributed by atoms with E-state index in [2.05, 4.69) is 4.98 Å². The van der Waals surface area contributed by atoms with Crippen LogP contribution in [0.15, 0.2) is 27.8 Å². The quantitative estimate of drug-likeness (QED) is 0.783. The Labute approximate surface area is 146 Å². The molecule has 3 rings (SSSR count). The smallest absolute Gasteiger partial charge is 0.330 e. The zero-order chi connectivity index (χ0) is 17.4. The van der Waals surface area contributed by atoms with Gasteiger partial charge in [-0.1, -0.05) is 23.2 Å². The Kier molecular flexibility index (Phi) is 4.38. The Morgan fingerprint density at radius 1 is 1.33 bits per heavy atom. The lowest BCUT2D eigenvalue weighted by atomic mass is 10.2. The summed E-state index contributed by atoms with van der Waals surface area (Å²) in [6.45, 7) is -0.447. The van der Waals surface area contributed by atoms with Gasteiger partial charge in [0.05, 0.1) is 5.02 Å². The first-order valence-electron chi connectivity index (χ1n) is 7.14. The molecule has 1 aliphatic carbocycles. The number of aromatic amines is 1. The molecule has 0 radical (unpaired) electrons. The monoisotopic (exact) mass is 369 g/mol. The Balaban J connectivity index is 1.86. The molecule has 126 valence electrons. The van der Waals surface area contributed by atoms with Crippen molar-refractivity contribution >= 4 is 34.8 Å². The third-order valence-electron chi connectivity index (χ3n) is 3.63. The molecule has 2 aromatic rings. The summed E-state index contributed by atoms with van der Waals surface area (Å²) in [6, 6.07) is 4.46. The molecule has 1 aliphatic rings. The lowest BCUT2D eigenvalue weighted by Crippen LogP contribution is -2.36. The van der Waals surface area contributed by atoms with Crippen LogP contribution in [0.25, 0.3) is 0 Å². The topological polar surface area (TPSA) is 107 Å². The summed E-state index contributed by atoms with van der Waals surface area (Å²) in [5, 5.41) is 0.663. The predicted octanol–water partition coefficient (Wildman–Crippen LogP) is 2.02. The fourth-order valence-electron chi connectivity index (χ4n) is 2.34. The molecule has 3 N–H and O–H groups in total. The summed E-state index contributed by atoms with van der Waals surface area (Å²) >= 11 is 11.7. The van der Waals surface area contributed by atoms with Gasteiger partial charge in [-0.25, -0.2) is 4.79 Å². The van der Waals surface area contributed by atoms with Crippen molar-refractivity contribution in [3.63, 3.8) is 0 Å². The highest BCUT2D eigenvalue weighted by molar-refractivity contribution is 6.35. The van der Waals surface area contributed by atoms with Gasteiger partial charge in [-0.2, -0.15) is 0 Å². The molecule has 1 aromatic heterocycles. The number of anilines is 1. The van der Waals surface area contributed by atoms with Crippen LogP contribution in [0.3, 0.4) is 0 Å². The number of hydrogen-bond acceptors (Lipinski definition) is 5. The first-order valence-corrected chi connectivity index (χ1v) is 7.89. The fraction of sp³-hybridized carbons (Fsp3) is 0.267. The van der Waals surface area contributed by atoms with Crippen LogP contribution in [0, 0.1) is 0 Å². The number of halogens is 2. The van der Waals surface area contributed by atoms with Gasteiger partial charge in [0.2, 0.25) is 5.78 Å². The minimum absolute atomic E-state index is 0.0764. The largest absolute Gasteiger partial charge is 0.484 e. The van der Waals surface area contributed by atoms with Gasteiger partial charge in [0.25, 0.3) is 5.56 Å². The number of carbonyl (C=O) groups is 1. The molecule has 0 atom stereocenters. The van der Waals surface area contributed by atoms with Gasteiger partial charge in [0, 0.05) is 11.1 Å². The SMILES string of the molecule is Nc1c(C(=O)COc2ccc(Cl)cc2Cl)c(=O)[nH]c(=O)n1C1CC1. The van der Waals surface area contributed by atoms with E-state index in [9.17, 15) is 14.4 Å². The number of benzene rings is 1. The second-order valence-electron chi connectivity index (χ2n) is 5.41. The van der Waals surface area contributed by atoms with Gasteiger partial charge < -0.3 is 10.5 Å². The van der Waals surface area contributed by atoms with Crippen molar-refractivity contribution in [3.05, 3.63) is 54.6 Å². The Bertz CT molecular complexity index is 931. The number of nitrogens with zero attached hydrogens (tertiary/aromatic N) is 1. The maximum atomic E-state index is 12.3. The van der Waals surface area contributed by atoms with Crippen molar-refractivity contribution in [1.82, 2.24) is 9.55 Å². The number of aromatic nitrogens is 2.